The van der Waals surface area contributed by atoms with Crippen LogP contribution in [0, 0.1) is 5.82 Å². The first-order valence-electron chi connectivity index (χ1n) is 6.31. The topological polar surface area (TPSA) is 66.4 Å². The summed E-state index contributed by atoms with van der Waals surface area (Å²) in [6, 6.07) is 6.09. The van der Waals surface area contributed by atoms with Crippen LogP contribution < -0.4 is 5.32 Å². The Hall–Kier alpha value is -1.91. The maximum atomic E-state index is 12.9. The molecule has 0 spiro atoms. The van der Waals surface area contributed by atoms with Crippen molar-refractivity contribution in [2.75, 3.05) is 0 Å². The van der Waals surface area contributed by atoms with Crippen molar-refractivity contribution in [2.45, 2.75) is 37.6 Å². The number of carboxylic acid groups (broad SMARTS) is 1. The van der Waals surface area contributed by atoms with E-state index in [2.05, 4.69) is 5.32 Å². The summed E-state index contributed by atoms with van der Waals surface area (Å²) in [6.07, 6.45) is 2.40. The van der Waals surface area contributed by atoms with Gasteiger partial charge in [-0.2, -0.15) is 0 Å². The lowest BCUT2D eigenvalue weighted by Gasteiger charge is -2.43. The Morgan fingerprint density at radius 2 is 1.84 bits per heavy atom. The molecule has 2 N–H and O–H groups in total. The molecule has 1 amide bonds. The minimum Gasteiger partial charge on any atom is -0.481 e. The van der Waals surface area contributed by atoms with Gasteiger partial charge in [-0.15, -0.1) is 0 Å². The van der Waals surface area contributed by atoms with E-state index < -0.39 is 11.5 Å². The van der Waals surface area contributed by atoms with Gasteiger partial charge in [0.05, 0.1) is 12.0 Å². The van der Waals surface area contributed by atoms with E-state index in [-0.39, 0.29) is 24.6 Å². The summed E-state index contributed by atoms with van der Waals surface area (Å²) in [5, 5.41) is 11.5. The molecule has 0 unspecified atom stereocenters. The second kappa shape index (κ2) is 5.38. The van der Waals surface area contributed by atoms with Crippen LogP contribution in [0.3, 0.4) is 0 Å². The second-order valence-corrected chi connectivity index (χ2v) is 4.88. The first kappa shape index (κ1) is 13.5. The Kier molecular flexibility index (Phi) is 3.83. The van der Waals surface area contributed by atoms with E-state index >= 15 is 0 Å². The van der Waals surface area contributed by atoms with Crippen molar-refractivity contribution >= 4 is 11.9 Å². The van der Waals surface area contributed by atoms with Gasteiger partial charge in [0.15, 0.2) is 0 Å². The van der Waals surface area contributed by atoms with Crippen LogP contribution in [-0.4, -0.2) is 17.0 Å². The fraction of sp³-hybridized carbons (Fsp3) is 0.429. The predicted octanol–water partition coefficient (Wildman–Crippen LogP) is 2.19. The monoisotopic (exact) mass is 265 g/mol. The van der Waals surface area contributed by atoms with Crippen LogP contribution in [0.15, 0.2) is 24.3 Å². The van der Waals surface area contributed by atoms with E-state index in [0.29, 0.717) is 0 Å². The molecule has 0 radical (unpaired) electrons. The van der Waals surface area contributed by atoms with Crippen LogP contribution in [0.2, 0.25) is 0 Å². The molecular formula is C14H16FNO3. The summed E-state index contributed by atoms with van der Waals surface area (Å²) in [5.74, 6) is -1.57. The van der Waals surface area contributed by atoms with E-state index in [1.807, 2.05) is 0 Å². The molecule has 1 aromatic rings. The summed E-state index contributed by atoms with van der Waals surface area (Å²) in [6.45, 7) is 0. The number of nitrogens with one attached hydrogen (secondary N) is 1. The van der Waals surface area contributed by atoms with Crippen LogP contribution >= 0.6 is 0 Å². The molecule has 0 aliphatic heterocycles. The molecular weight excluding hydrogens is 249 g/mol. The van der Waals surface area contributed by atoms with Gasteiger partial charge in [0, 0.05) is 6.42 Å². The van der Waals surface area contributed by atoms with E-state index in [0.717, 1.165) is 24.8 Å². The molecule has 1 aromatic carbocycles. The third-order valence-electron chi connectivity index (χ3n) is 3.55. The Balaban J connectivity index is 2.04. The average Bonchev–Trinajstić information content (AvgIpc) is 2.32. The van der Waals surface area contributed by atoms with Crippen LogP contribution in [-0.2, 0) is 15.1 Å². The minimum absolute atomic E-state index is 0.0295. The van der Waals surface area contributed by atoms with Crippen molar-refractivity contribution in [3.05, 3.63) is 35.6 Å². The quantitative estimate of drug-likeness (QED) is 0.857. The van der Waals surface area contributed by atoms with Gasteiger partial charge in [0.1, 0.15) is 5.82 Å². The fourth-order valence-corrected chi connectivity index (χ4v) is 2.33. The number of carbonyl (C=O) groups is 2. The van der Waals surface area contributed by atoms with E-state index in [9.17, 15) is 14.0 Å². The average molecular weight is 265 g/mol. The maximum absolute atomic E-state index is 12.9. The molecule has 0 saturated heterocycles. The van der Waals surface area contributed by atoms with Gasteiger partial charge >= 0.3 is 5.97 Å². The number of amides is 1. The SMILES string of the molecule is O=C(O)CCC(=O)NC1(c2ccc(F)cc2)CCC1. The van der Waals surface area contributed by atoms with Gasteiger partial charge in [0.25, 0.3) is 0 Å². The first-order chi connectivity index (χ1) is 9.02. The summed E-state index contributed by atoms with van der Waals surface area (Å²) in [7, 11) is 0. The highest BCUT2D eigenvalue weighted by molar-refractivity contribution is 5.81. The van der Waals surface area contributed by atoms with Gasteiger partial charge in [0.2, 0.25) is 5.91 Å². The van der Waals surface area contributed by atoms with Crippen molar-refractivity contribution in [1.29, 1.82) is 0 Å². The number of halogens is 1. The number of benzene rings is 1. The van der Waals surface area contributed by atoms with Gasteiger partial charge < -0.3 is 10.4 Å². The predicted molar refractivity (Wildman–Crippen MR) is 66.9 cm³/mol. The molecule has 0 heterocycles. The third kappa shape index (κ3) is 3.10. The first-order valence-corrected chi connectivity index (χ1v) is 6.31. The number of carbonyl (C=O) groups excluding carboxylic acids is 1. The van der Waals surface area contributed by atoms with Crippen molar-refractivity contribution < 1.29 is 19.1 Å². The van der Waals surface area contributed by atoms with Crippen molar-refractivity contribution in [2.24, 2.45) is 0 Å². The zero-order valence-corrected chi connectivity index (χ0v) is 10.5. The lowest BCUT2D eigenvalue weighted by atomic mass is 9.71. The van der Waals surface area contributed by atoms with E-state index in [1.165, 1.54) is 12.1 Å². The maximum Gasteiger partial charge on any atom is 0.303 e. The normalized spacial score (nSPS) is 16.5. The summed E-state index contributed by atoms with van der Waals surface area (Å²) in [5.41, 5.74) is 0.437. The second-order valence-electron chi connectivity index (χ2n) is 4.88. The molecule has 4 nitrogen and oxygen atoms in total. The highest BCUT2D eigenvalue weighted by Crippen LogP contribution is 2.41. The van der Waals surface area contributed by atoms with Crippen molar-refractivity contribution in [1.82, 2.24) is 5.32 Å². The summed E-state index contributed by atoms with van der Waals surface area (Å²) in [4.78, 5) is 22.2. The summed E-state index contributed by atoms with van der Waals surface area (Å²) < 4.78 is 12.9. The molecule has 102 valence electrons. The zero-order chi connectivity index (χ0) is 13.9. The molecule has 0 atom stereocenters. The van der Waals surface area contributed by atoms with Gasteiger partial charge in [-0.1, -0.05) is 12.1 Å². The molecule has 2 rings (SSSR count). The van der Waals surface area contributed by atoms with Crippen molar-refractivity contribution in [3.63, 3.8) is 0 Å². The molecule has 1 fully saturated rings. The molecule has 1 aliphatic rings. The van der Waals surface area contributed by atoms with Crippen LogP contribution in [0.1, 0.15) is 37.7 Å². The van der Waals surface area contributed by atoms with E-state index in [1.54, 1.807) is 12.1 Å². The molecule has 5 heteroatoms. The number of carboxylic acids is 1. The van der Waals surface area contributed by atoms with Gasteiger partial charge in [-0.25, -0.2) is 4.39 Å². The highest BCUT2D eigenvalue weighted by Gasteiger charge is 2.39. The fourth-order valence-electron chi connectivity index (χ4n) is 2.33. The van der Waals surface area contributed by atoms with Crippen LogP contribution in [0.4, 0.5) is 4.39 Å². The smallest absolute Gasteiger partial charge is 0.303 e. The van der Waals surface area contributed by atoms with Gasteiger partial charge in [-0.3, -0.25) is 9.59 Å². The largest absolute Gasteiger partial charge is 0.481 e. The standard InChI is InChI=1S/C14H16FNO3/c15-11-4-2-10(3-5-11)14(8-1-9-14)16-12(17)6-7-13(18)19/h2-5H,1,6-9H2,(H,16,17)(H,18,19). The summed E-state index contributed by atoms with van der Waals surface area (Å²) >= 11 is 0. The number of hydrogen-bond acceptors (Lipinski definition) is 2. The Morgan fingerprint density at radius 3 is 2.32 bits per heavy atom. The third-order valence-corrected chi connectivity index (χ3v) is 3.55. The molecule has 0 aromatic heterocycles. The van der Waals surface area contributed by atoms with E-state index in [4.69, 9.17) is 5.11 Å². The Bertz CT molecular complexity index is 480. The number of aliphatic carboxylic acids is 1. The van der Waals surface area contributed by atoms with Crippen LogP contribution in [0.5, 0.6) is 0 Å². The lowest BCUT2D eigenvalue weighted by molar-refractivity contribution is -0.139. The van der Waals surface area contributed by atoms with Crippen LogP contribution in [0.25, 0.3) is 0 Å². The molecule has 19 heavy (non-hydrogen) atoms. The minimum atomic E-state index is -0.986. The van der Waals surface area contributed by atoms with Gasteiger partial charge in [-0.05, 0) is 37.0 Å². The number of rotatable bonds is 5. The number of hydrogen-bond donors (Lipinski definition) is 2. The molecule has 1 saturated carbocycles. The molecule has 0 bridgehead atoms. The Labute approximate surface area is 110 Å². The zero-order valence-electron chi connectivity index (χ0n) is 10.5. The molecule has 1 aliphatic carbocycles. The Morgan fingerprint density at radius 1 is 1.21 bits per heavy atom. The lowest BCUT2D eigenvalue weighted by Crippen LogP contribution is -2.50. The van der Waals surface area contributed by atoms with Crippen molar-refractivity contribution in [3.8, 4) is 0 Å². The highest BCUT2D eigenvalue weighted by atomic mass is 19.1.